The predicted octanol–water partition coefficient (Wildman–Crippen LogP) is 3.47. The van der Waals surface area contributed by atoms with E-state index in [2.05, 4.69) is 10.3 Å². The normalized spacial score (nSPS) is 18.3. The Morgan fingerprint density at radius 1 is 1.06 bits per heavy atom. The summed E-state index contributed by atoms with van der Waals surface area (Å²) in [5.41, 5.74) is 1.42. The number of aromatic nitrogens is 1. The third-order valence-corrected chi connectivity index (χ3v) is 8.18. The summed E-state index contributed by atoms with van der Waals surface area (Å²) in [4.78, 5) is 17.7. The van der Waals surface area contributed by atoms with Crippen molar-refractivity contribution in [3.05, 3.63) is 83.1 Å². The number of methoxy groups -OCH3 is 2. The van der Waals surface area contributed by atoms with Gasteiger partial charge in [0.15, 0.2) is 11.5 Å². The number of rotatable bonds is 8. The number of nitrogens with one attached hydrogen (secondary N) is 1. The minimum atomic E-state index is -3.85. The molecule has 10 heteroatoms. The van der Waals surface area contributed by atoms with Gasteiger partial charge in [0.2, 0.25) is 15.9 Å². The summed E-state index contributed by atoms with van der Waals surface area (Å²) in [6.07, 6.45) is 1.65. The second-order valence-electron chi connectivity index (χ2n) is 8.11. The van der Waals surface area contributed by atoms with Crippen LogP contribution in [-0.4, -0.2) is 50.9 Å². The Labute approximate surface area is 209 Å². The van der Waals surface area contributed by atoms with E-state index in [1.807, 2.05) is 18.2 Å². The predicted molar refractivity (Wildman–Crippen MR) is 132 cm³/mol. The maximum Gasteiger partial charge on any atom is 0.243 e. The highest BCUT2D eigenvalue weighted by atomic mass is 35.5. The summed E-state index contributed by atoms with van der Waals surface area (Å²) < 4.78 is 39.2. The van der Waals surface area contributed by atoms with Crippen LogP contribution in [-0.2, 0) is 21.4 Å². The van der Waals surface area contributed by atoms with Crippen LogP contribution in [0, 0.1) is 5.92 Å². The fourth-order valence-corrected chi connectivity index (χ4v) is 5.93. The second kappa shape index (κ2) is 10.6. The molecule has 3 aromatic rings. The molecule has 184 valence electrons. The number of ether oxygens (including phenoxy) is 2. The van der Waals surface area contributed by atoms with Crippen molar-refractivity contribution in [1.82, 2.24) is 14.6 Å². The number of halogens is 1. The molecule has 2 aromatic carbocycles. The zero-order chi connectivity index (χ0) is 25.0. The molecule has 1 aromatic heterocycles. The van der Waals surface area contributed by atoms with Crippen LogP contribution in [0.15, 0.2) is 71.8 Å². The first kappa shape index (κ1) is 25.0. The van der Waals surface area contributed by atoms with Gasteiger partial charge in [-0.2, -0.15) is 4.31 Å². The van der Waals surface area contributed by atoms with Crippen LogP contribution < -0.4 is 14.8 Å². The maximum absolute atomic E-state index is 13.4. The van der Waals surface area contributed by atoms with Gasteiger partial charge in [-0.05, 0) is 42.5 Å². The molecule has 2 heterocycles. The lowest BCUT2D eigenvalue weighted by Gasteiger charge is -2.21. The number of hydrogen-bond donors (Lipinski definition) is 1. The van der Waals surface area contributed by atoms with Gasteiger partial charge in [0.25, 0.3) is 0 Å². The molecule has 0 bridgehead atoms. The van der Waals surface area contributed by atoms with E-state index in [1.54, 1.807) is 24.4 Å². The first-order chi connectivity index (χ1) is 16.8. The Bertz CT molecular complexity index is 1290. The molecule has 1 aliphatic rings. The summed E-state index contributed by atoms with van der Waals surface area (Å²) in [6, 6.07) is 16.8. The van der Waals surface area contributed by atoms with Crippen molar-refractivity contribution in [2.75, 3.05) is 27.3 Å². The number of carbonyl (C=O) groups excluding carboxylic acids is 1. The summed E-state index contributed by atoms with van der Waals surface area (Å²) in [7, 11) is -0.800. The molecule has 35 heavy (non-hydrogen) atoms. The molecule has 1 amide bonds. The number of pyridine rings is 1. The SMILES string of the molecule is COc1cccc([C@@H]2CN(S(=O)(=O)c3ccc(Cl)cc3)C[C@H]2C(=O)NCc2ccccn2)c1OC. The maximum atomic E-state index is 13.4. The number of benzene rings is 2. The van der Waals surface area contributed by atoms with Crippen LogP contribution >= 0.6 is 11.6 Å². The number of sulfonamides is 1. The summed E-state index contributed by atoms with van der Waals surface area (Å²) in [5.74, 6) is -0.378. The Morgan fingerprint density at radius 3 is 2.49 bits per heavy atom. The molecule has 1 aliphatic heterocycles. The van der Waals surface area contributed by atoms with Crippen molar-refractivity contribution >= 4 is 27.5 Å². The van der Waals surface area contributed by atoms with Gasteiger partial charge >= 0.3 is 0 Å². The lowest BCUT2D eigenvalue weighted by molar-refractivity contribution is -0.125. The Balaban J connectivity index is 1.67. The molecule has 1 saturated heterocycles. The van der Waals surface area contributed by atoms with Crippen molar-refractivity contribution in [3.8, 4) is 11.5 Å². The van der Waals surface area contributed by atoms with Crippen LogP contribution in [0.1, 0.15) is 17.2 Å². The van der Waals surface area contributed by atoms with Gasteiger partial charge < -0.3 is 14.8 Å². The first-order valence-electron chi connectivity index (χ1n) is 11.0. The van der Waals surface area contributed by atoms with Gasteiger partial charge in [0.1, 0.15) is 0 Å². The summed E-state index contributed by atoms with van der Waals surface area (Å²) in [5, 5.41) is 3.35. The van der Waals surface area contributed by atoms with Crippen LogP contribution in [0.4, 0.5) is 0 Å². The standard InChI is InChI=1S/C25H26ClN3O5S/c1-33-23-8-5-7-20(24(23)34-2)21-15-29(35(31,32)19-11-9-17(26)10-12-19)16-22(21)25(30)28-14-18-6-3-4-13-27-18/h3-13,21-22H,14-16H2,1-2H3,(H,28,30)/t21-,22+/m0/s1. The van der Waals surface area contributed by atoms with Crippen LogP contribution in [0.25, 0.3) is 0 Å². The molecule has 1 fully saturated rings. The van der Waals surface area contributed by atoms with E-state index in [4.69, 9.17) is 21.1 Å². The Morgan fingerprint density at radius 2 is 1.83 bits per heavy atom. The molecule has 0 saturated carbocycles. The van der Waals surface area contributed by atoms with Gasteiger partial charge in [0.05, 0.1) is 37.3 Å². The van der Waals surface area contributed by atoms with E-state index in [-0.39, 0.29) is 30.4 Å². The van der Waals surface area contributed by atoms with Crippen LogP contribution in [0.3, 0.4) is 0 Å². The minimum absolute atomic E-state index is 0.0179. The zero-order valence-electron chi connectivity index (χ0n) is 19.3. The highest BCUT2D eigenvalue weighted by molar-refractivity contribution is 7.89. The molecule has 0 radical (unpaired) electrons. The monoisotopic (exact) mass is 515 g/mol. The fourth-order valence-electron chi connectivity index (χ4n) is 4.32. The topological polar surface area (TPSA) is 97.8 Å². The largest absolute Gasteiger partial charge is 0.493 e. The smallest absolute Gasteiger partial charge is 0.243 e. The number of amides is 1. The average Bonchev–Trinajstić information content (AvgIpc) is 3.34. The third kappa shape index (κ3) is 5.27. The van der Waals surface area contributed by atoms with Gasteiger partial charge in [-0.3, -0.25) is 9.78 Å². The Hall–Kier alpha value is -3.14. The van der Waals surface area contributed by atoms with E-state index >= 15 is 0 Å². The van der Waals surface area contributed by atoms with Crippen LogP contribution in [0.2, 0.25) is 5.02 Å². The number of nitrogens with zero attached hydrogens (tertiary/aromatic N) is 2. The number of carbonyl (C=O) groups is 1. The van der Waals surface area contributed by atoms with E-state index in [9.17, 15) is 13.2 Å². The molecule has 0 aliphatic carbocycles. The number of para-hydroxylation sites is 1. The lowest BCUT2D eigenvalue weighted by atomic mass is 9.87. The van der Waals surface area contributed by atoms with Gasteiger partial charge in [-0.25, -0.2) is 8.42 Å². The number of hydrogen-bond acceptors (Lipinski definition) is 6. The molecule has 0 unspecified atom stereocenters. The van der Waals surface area contributed by atoms with E-state index in [0.717, 1.165) is 0 Å². The fraction of sp³-hybridized carbons (Fsp3) is 0.280. The highest BCUT2D eigenvalue weighted by Crippen LogP contribution is 2.43. The zero-order valence-corrected chi connectivity index (χ0v) is 20.9. The van der Waals surface area contributed by atoms with E-state index in [1.165, 1.54) is 42.8 Å². The van der Waals surface area contributed by atoms with Crippen LogP contribution in [0.5, 0.6) is 11.5 Å². The molecular formula is C25H26ClN3O5S. The van der Waals surface area contributed by atoms with E-state index in [0.29, 0.717) is 27.8 Å². The van der Waals surface area contributed by atoms with E-state index < -0.39 is 21.9 Å². The molecule has 2 atom stereocenters. The molecule has 0 spiro atoms. The van der Waals surface area contributed by atoms with Crippen molar-refractivity contribution in [2.24, 2.45) is 5.92 Å². The molecule has 4 rings (SSSR count). The summed E-state index contributed by atoms with van der Waals surface area (Å²) in [6.45, 7) is 0.363. The minimum Gasteiger partial charge on any atom is -0.493 e. The third-order valence-electron chi connectivity index (χ3n) is 6.08. The first-order valence-corrected chi connectivity index (χ1v) is 12.8. The quantitative estimate of drug-likeness (QED) is 0.493. The Kier molecular flexibility index (Phi) is 7.59. The van der Waals surface area contributed by atoms with Crippen molar-refractivity contribution in [2.45, 2.75) is 17.4 Å². The second-order valence-corrected chi connectivity index (χ2v) is 10.5. The molecule has 8 nitrogen and oxygen atoms in total. The van der Waals surface area contributed by atoms with Gasteiger partial charge in [-0.15, -0.1) is 0 Å². The van der Waals surface area contributed by atoms with Gasteiger partial charge in [0, 0.05) is 35.8 Å². The van der Waals surface area contributed by atoms with Crippen molar-refractivity contribution < 1.29 is 22.7 Å². The highest BCUT2D eigenvalue weighted by Gasteiger charge is 2.44. The van der Waals surface area contributed by atoms with Gasteiger partial charge in [-0.1, -0.05) is 29.8 Å². The van der Waals surface area contributed by atoms with Crippen molar-refractivity contribution in [3.63, 3.8) is 0 Å². The molecule has 1 N–H and O–H groups in total. The average molecular weight is 516 g/mol. The summed E-state index contributed by atoms with van der Waals surface area (Å²) >= 11 is 5.94. The molecular weight excluding hydrogens is 490 g/mol. The van der Waals surface area contributed by atoms with Crippen molar-refractivity contribution in [1.29, 1.82) is 0 Å². The lowest BCUT2D eigenvalue weighted by Crippen LogP contribution is -2.35.